The average Bonchev–Trinajstić information content (AvgIpc) is 2.39. The van der Waals surface area contributed by atoms with Gasteiger partial charge in [-0.1, -0.05) is 22.0 Å². The van der Waals surface area contributed by atoms with Crippen molar-refractivity contribution in [3.8, 4) is 0 Å². The van der Waals surface area contributed by atoms with E-state index in [1.165, 1.54) is 0 Å². The van der Waals surface area contributed by atoms with Gasteiger partial charge in [0.05, 0.1) is 11.9 Å². The second kappa shape index (κ2) is 5.64. The highest BCUT2D eigenvalue weighted by atomic mass is 79.9. The standard InChI is InChI=1S/C13H12BrN3O/c1-15-12-6-5-11(8-16-12)17-13(18)9-3-2-4-10(14)7-9/h2-8H,1H3,(H,15,16)(H,17,18). The Labute approximate surface area is 114 Å². The molecule has 1 amide bonds. The van der Waals surface area contributed by atoms with Crippen molar-refractivity contribution >= 4 is 33.3 Å². The second-order valence-corrected chi connectivity index (χ2v) is 4.56. The molecule has 0 atom stereocenters. The largest absolute Gasteiger partial charge is 0.373 e. The van der Waals surface area contributed by atoms with Crippen LogP contribution in [0.2, 0.25) is 0 Å². The number of anilines is 2. The molecule has 0 saturated carbocycles. The molecular weight excluding hydrogens is 294 g/mol. The van der Waals surface area contributed by atoms with Crippen LogP contribution in [-0.4, -0.2) is 17.9 Å². The first-order chi connectivity index (χ1) is 8.69. The molecule has 1 aromatic carbocycles. The molecule has 4 nitrogen and oxygen atoms in total. The van der Waals surface area contributed by atoms with Gasteiger partial charge in [-0.15, -0.1) is 0 Å². The first kappa shape index (κ1) is 12.6. The van der Waals surface area contributed by atoms with E-state index in [-0.39, 0.29) is 5.91 Å². The Morgan fingerprint density at radius 3 is 2.72 bits per heavy atom. The Hall–Kier alpha value is -1.88. The number of hydrogen-bond acceptors (Lipinski definition) is 3. The molecule has 0 aliphatic carbocycles. The molecule has 18 heavy (non-hydrogen) atoms. The number of aromatic nitrogens is 1. The van der Waals surface area contributed by atoms with Gasteiger partial charge in [-0.05, 0) is 30.3 Å². The number of nitrogens with zero attached hydrogens (tertiary/aromatic N) is 1. The zero-order valence-electron chi connectivity index (χ0n) is 9.77. The second-order valence-electron chi connectivity index (χ2n) is 3.65. The minimum atomic E-state index is -0.157. The summed E-state index contributed by atoms with van der Waals surface area (Å²) < 4.78 is 0.874. The first-order valence-corrected chi connectivity index (χ1v) is 6.19. The molecule has 2 N–H and O–H groups in total. The highest BCUT2D eigenvalue weighted by Crippen LogP contribution is 2.14. The summed E-state index contributed by atoms with van der Waals surface area (Å²) in [6.45, 7) is 0. The van der Waals surface area contributed by atoms with Crippen molar-refractivity contribution in [2.45, 2.75) is 0 Å². The van der Waals surface area contributed by atoms with Crippen LogP contribution >= 0.6 is 15.9 Å². The minimum absolute atomic E-state index is 0.157. The van der Waals surface area contributed by atoms with Crippen molar-refractivity contribution in [3.05, 3.63) is 52.6 Å². The van der Waals surface area contributed by atoms with Crippen molar-refractivity contribution in [2.75, 3.05) is 17.7 Å². The van der Waals surface area contributed by atoms with Crippen molar-refractivity contribution in [2.24, 2.45) is 0 Å². The summed E-state index contributed by atoms with van der Waals surface area (Å²) in [7, 11) is 1.79. The third-order valence-corrected chi connectivity index (χ3v) is 2.86. The predicted molar refractivity (Wildman–Crippen MR) is 75.9 cm³/mol. The maximum Gasteiger partial charge on any atom is 0.255 e. The van der Waals surface area contributed by atoms with E-state index < -0.39 is 0 Å². The van der Waals surface area contributed by atoms with Crippen LogP contribution in [0.3, 0.4) is 0 Å². The molecule has 92 valence electrons. The van der Waals surface area contributed by atoms with E-state index in [4.69, 9.17) is 0 Å². The van der Waals surface area contributed by atoms with E-state index in [0.29, 0.717) is 11.3 Å². The highest BCUT2D eigenvalue weighted by molar-refractivity contribution is 9.10. The molecule has 0 aliphatic heterocycles. The molecule has 1 heterocycles. The maximum absolute atomic E-state index is 11.9. The zero-order chi connectivity index (χ0) is 13.0. The van der Waals surface area contributed by atoms with Gasteiger partial charge < -0.3 is 10.6 Å². The van der Waals surface area contributed by atoms with E-state index in [9.17, 15) is 4.79 Å². The molecule has 0 fully saturated rings. The lowest BCUT2D eigenvalue weighted by molar-refractivity contribution is 0.102. The fourth-order valence-corrected chi connectivity index (χ4v) is 1.85. The number of carbonyl (C=O) groups excluding carboxylic acids is 1. The van der Waals surface area contributed by atoms with Gasteiger partial charge in [0.25, 0.3) is 5.91 Å². The van der Waals surface area contributed by atoms with E-state index in [0.717, 1.165) is 10.3 Å². The Balaban J connectivity index is 2.11. The fourth-order valence-electron chi connectivity index (χ4n) is 1.45. The summed E-state index contributed by atoms with van der Waals surface area (Å²) in [4.78, 5) is 16.1. The summed E-state index contributed by atoms with van der Waals surface area (Å²) in [5.74, 6) is 0.603. The SMILES string of the molecule is CNc1ccc(NC(=O)c2cccc(Br)c2)cn1. The van der Waals surface area contributed by atoms with Crippen LogP contribution in [0.5, 0.6) is 0 Å². The molecule has 0 radical (unpaired) electrons. The molecule has 0 unspecified atom stereocenters. The summed E-state index contributed by atoms with van der Waals surface area (Å²) >= 11 is 3.33. The van der Waals surface area contributed by atoms with Crippen molar-refractivity contribution in [1.82, 2.24) is 4.98 Å². The maximum atomic E-state index is 11.9. The van der Waals surface area contributed by atoms with Crippen molar-refractivity contribution in [1.29, 1.82) is 0 Å². The number of nitrogens with one attached hydrogen (secondary N) is 2. The number of carbonyl (C=O) groups is 1. The smallest absolute Gasteiger partial charge is 0.255 e. The average molecular weight is 306 g/mol. The lowest BCUT2D eigenvalue weighted by Gasteiger charge is -2.06. The Bertz CT molecular complexity index is 554. The summed E-state index contributed by atoms with van der Waals surface area (Å²) in [6, 6.07) is 10.8. The quantitative estimate of drug-likeness (QED) is 0.916. The predicted octanol–water partition coefficient (Wildman–Crippen LogP) is 3.14. The van der Waals surface area contributed by atoms with E-state index in [2.05, 4.69) is 31.5 Å². The molecule has 0 spiro atoms. The van der Waals surface area contributed by atoms with Gasteiger partial charge >= 0.3 is 0 Å². The van der Waals surface area contributed by atoms with Gasteiger partial charge in [-0.3, -0.25) is 4.79 Å². The normalized spacial score (nSPS) is 9.89. The number of halogens is 1. The Kier molecular flexibility index (Phi) is 3.94. The number of amides is 1. The Morgan fingerprint density at radius 1 is 1.28 bits per heavy atom. The molecule has 0 aliphatic rings. The molecule has 0 bridgehead atoms. The molecule has 2 rings (SSSR count). The van der Waals surface area contributed by atoms with Crippen LogP contribution in [0, 0.1) is 0 Å². The van der Waals surface area contributed by atoms with Crippen LogP contribution < -0.4 is 10.6 Å². The topological polar surface area (TPSA) is 54.0 Å². The monoisotopic (exact) mass is 305 g/mol. The van der Waals surface area contributed by atoms with Crippen molar-refractivity contribution in [3.63, 3.8) is 0 Å². The van der Waals surface area contributed by atoms with Gasteiger partial charge in [0.2, 0.25) is 0 Å². The van der Waals surface area contributed by atoms with Crippen LogP contribution in [0.15, 0.2) is 47.1 Å². The van der Waals surface area contributed by atoms with Gasteiger partial charge in [0, 0.05) is 17.1 Å². The molecule has 0 saturated heterocycles. The summed E-state index contributed by atoms with van der Waals surface area (Å²) in [5.41, 5.74) is 1.26. The Morgan fingerprint density at radius 2 is 2.11 bits per heavy atom. The van der Waals surface area contributed by atoms with Crippen molar-refractivity contribution < 1.29 is 4.79 Å². The third kappa shape index (κ3) is 3.07. The third-order valence-electron chi connectivity index (χ3n) is 2.36. The lowest BCUT2D eigenvalue weighted by atomic mass is 10.2. The lowest BCUT2D eigenvalue weighted by Crippen LogP contribution is -2.12. The van der Waals surface area contributed by atoms with Crippen LogP contribution in [0.4, 0.5) is 11.5 Å². The van der Waals surface area contributed by atoms with Crippen LogP contribution in [-0.2, 0) is 0 Å². The van der Waals surface area contributed by atoms with Gasteiger partial charge in [-0.2, -0.15) is 0 Å². The van der Waals surface area contributed by atoms with Crippen LogP contribution in [0.25, 0.3) is 0 Å². The molecular formula is C13H12BrN3O. The fraction of sp³-hybridized carbons (Fsp3) is 0.0769. The number of hydrogen-bond donors (Lipinski definition) is 2. The zero-order valence-corrected chi connectivity index (χ0v) is 11.4. The van der Waals surface area contributed by atoms with E-state index in [1.54, 1.807) is 37.5 Å². The molecule has 2 aromatic rings. The minimum Gasteiger partial charge on any atom is -0.373 e. The molecule has 5 heteroatoms. The summed E-state index contributed by atoms with van der Waals surface area (Å²) in [5, 5.41) is 5.70. The van der Waals surface area contributed by atoms with E-state index in [1.807, 2.05) is 12.1 Å². The molecule has 1 aromatic heterocycles. The summed E-state index contributed by atoms with van der Waals surface area (Å²) in [6.07, 6.45) is 1.61. The van der Waals surface area contributed by atoms with E-state index >= 15 is 0 Å². The number of pyridine rings is 1. The van der Waals surface area contributed by atoms with Gasteiger partial charge in [0.15, 0.2) is 0 Å². The first-order valence-electron chi connectivity index (χ1n) is 5.40. The van der Waals surface area contributed by atoms with Gasteiger partial charge in [0.1, 0.15) is 5.82 Å². The van der Waals surface area contributed by atoms with Gasteiger partial charge in [-0.25, -0.2) is 4.98 Å². The highest BCUT2D eigenvalue weighted by Gasteiger charge is 2.06. The van der Waals surface area contributed by atoms with Crippen LogP contribution in [0.1, 0.15) is 10.4 Å². The number of rotatable bonds is 3. The number of benzene rings is 1.